The lowest BCUT2D eigenvalue weighted by molar-refractivity contribution is -0.111. The van der Waals surface area contributed by atoms with Crippen LogP contribution in [-0.2, 0) is 11.8 Å². The second-order valence-electron chi connectivity index (χ2n) is 9.52. The smallest absolute Gasteiger partial charge is 0.247 e. The monoisotopic (exact) mass is 512 g/mol. The zero-order chi connectivity index (χ0) is 26.8. The molecule has 1 fully saturated rings. The summed E-state index contributed by atoms with van der Waals surface area (Å²) >= 11 is 0. The summed E-state index contributed by atoms with van der Waals surface area (Å²) in [6.07, 6.45) is 4.63. The van der Waals surface area contributed by atoms with Gasteiger partial charge in [0.15, 0.2) is 0 Å². The lowest BCUT2D eigenvalue weighted by Gasteiger charge is -2.40. The molecule has 1 saturated heterocycles. The zero-order valence-electron chi connectivity index (χ0n) is 22.1. The maximum atomic E-state index is 12.3. The van der Waals surface area contributed by atoms with E-state index < -0.39 is 0 Å². The van der Waals surface area contributed by atoms with Crippen molar-refractivity contribution in [3.8, 4) is 17.0 Å². The molecule has 0 bridgehead atoms. The molecule has 4 aromatic rings. The number of nitrogens with one attached hydrogen (secondary N) is 2. The number of aromatic nitrogens is 4. The minimum atomic E-state index is -0.278. The van der Waals surface area contributed by atoms with Gasteiger partial charge in [0.1, 0.15) is 17.9 Å². The minimum absolute atomic E-state index is 0.262. The number of rotatable bonds is 7. The summed E-state index contributed by atoms with van der Waals surface area (Å²) < 4.78 is 7.61. The number of likely N-dealkylation sites (N-methyl/N-ethyl adjacent to an activating group) is 1. The predicted molar refractivity (Wildman–Crippen MR) is 151 cm³/mol. The molecule has 1 aliphatic heterocycles. The Hall–Kier alpha value is -4.44. The zero-order valence-corrected chi connectivity index (χ0v) is 22.1. The first-order valence-electron chi connectivity index (χ1n) is 12.5. The molecular formula is C28H32N8O2. The summed E-state index contributed by atoms with van der Waals surface area (Å²) in [5.74, 6) is 0.959. The number of piperazine rings is 1. The van der Waals surface area contributed by atoms with E-state index in [4.69, 9.17) is 4.74 Å². The number of methoxy groups -OCH3 is 1. The average molecular weight is 513 g/mol. The third-order valence-corrected chi connectivity index (χ3v) is 6.87. The number of aryl methyl sites for hydroxylation is 1. The van der Waals surface area contributed by atoms with Crippen LogP contribution >= 0.6 is 0 Å². The van der Waals surface area contributed by atoms with E-state index in [-0.39, 0.29) is 11.9 Å². The fraction of sp³-hybridized carbons (Fsp3) is 0.286. The maximum Gasteiger partial charge on any atom is 0.247 e. The molecule has 38 heavy (non-hydrogen) atoms. The van der Waals surface area contributed by atoms with Crippen molar-refractivity contribution >= 4 is 39.7 Å². The van der Waals surface area contributed by atoms with Gasteiger partial charge in [-0.2, -0.15) is 5.10 Å². The van der Waals surface area contributed by atoms with E-state index in [1.54, 1.807) is 7.11 Å². The lowest BCUT2D eigenvalue weighted by atomic mass is 10.1. The van der Waals surface area contributed by atoms with Crippen LogP contribution in [0.15, 0.2) is 61.6 Å². The summed E-state index contributed by atoms with van der Waals surface area (Å²) in [7, 11) is 5.67. The first kappa shape index (κ1) is 25.2. The summed E-state index contributed by atoms with van der Waals surface area (Å²) in [5, 5.41) is 11.7. The van der Waals surface area contributed by atoms with Gasteiger partial charge in [0.2, 0.25) is 5.91 Å². The molecule has 0 unspecified atom stereocenters. The molecule has 2 aromatic carbocycles. The number of carbonyl (C=O) groups excluding carboxylic acids is 1. The maximum absolute atomic E-state index is 12.3. The Morgan fingerprint density at radius 1 is 1.13 bits per heavy atom. The number of ether oxygens (including phenoxy) is 1. The molecule has 1 amide bonds. The molecule has 1 atom stereocenters. The van der Waals surface area contributed by atoms with E-state index >= 15 is 0 Å². The van der Waals surface area contributed by atoms with Crippen LogP contribution in [0, 0.1) is 0 Å². The Morgan fingerprint density at radius 2 is 1.97 bits per heavy atom. The van der Waals surface area contributed by atoms with Crippen molar-refractivity contribution in [3.05, 3.63) is 61.6 Å². The number of fused-ring (bicyclic) bond motifs is 1. The van der Waals surface area contributed by atoms with Crippen LogP contribution in [0.2, 0.25) is 0 Å². The van der Waals surface area contributed by atoms with Gasteiger partial charge < -0.3 is 25.2 Å². The fourth-order valence-corrected chi connectivity index (χ4v) is 4.90. The molecule has 196 valence electrons. The van der Waals surface area contributed by atoms with Crippen molar-refractivity contribution in [2.75, 3.05) is 49.3 Å². The van der Waals surface area contributed by atoms with Gasteiger partial charge in [-0.1, -0.05) is 12.6 Å². The molecule has 10 nitrogen and oxygen atoms in total. The Bertz CT molecular complexity index is 1500. The van der Waals surface area contributed by atoms with E-state index in [2.05, 4.69) is 62.1 Å². The van der Waals surface area contributed by atoms with E-state index in [1.165, 1.54) is 12.4 Å². The first-order chi connectivity index (χ1) is 18.4. The van der Waals surface area contributed by atoms with E-state index in [9.17, 15) is 4.79 Å². The quantitative estimate of drug-likeness (QED) is 0.358. The summed E-state index contributed by atoms with van der Waals surface area (Å²) in [6.45, 7) is 8.47. The highest BCUT2D eigenvalue weighted by Crippen LogP contribution is 2.40. The van der Waals surface area contributed by atoms with Crippen LogP contribution in [0.3, 0.4) is 0 Å². The number of hydrogen-bond acceptors (Lipinski definition) is 8. The third-order valence-electron chi connectivity index (χ3n) is 6.87. The van der Waals surface area contributed by atoms with Crippen LogP contribution in [-0.4, -0.2) is 70.4 Å². The molecular weight excluding hydrogens is 480 g/mol. The van der Waals surface area contributed by atoms with Crippen LogP contribution in [0.25, 0.3) is 22.2 Å². The van der Waals surface area contributed by atoms with Crippen LogP contribution in [0.4, 0.5) is 22.9 Å². The molecule has 0 aliphatic carbocycles. The standard InChI is InChI=1S/C28H32N8O2/c1-6-28(37)33-22-12-23(26(38-5)14-25(22)36-10-9-34(3)16-18(36)2)32-27-13-21(29-17-30-27)19-7-8-24-20(11-19)15-31-35(24)4/h6-8,11-15,17-18H,1,9-10,16H2,2-5H3,(H,33,37)(H,29,30,32)/t18-/m1/s1. The molecule has 0 spiro atoms. The molecule has 5 rings (SSSR count). The largest absolute Gasteiger partial charge is 0.494 e. The molecule has 0 radical (unpaired) electrons. The first-order valence-corrected chi connectivity index (χ1v) is 12.5. The van der Waals surface area contributed by atoms with E-state index in [1.807, 2.05) is 48.3 Å². The number of hydrogen-bond donors (Lipinski definition) is 2. The van der Waals surface area contributed by atoms with E-state index in [0.717, 1.165) is 47.5 Å². The molecule has 1 aliphatic rings. The SMILES string of the molecule is C=CC(=O)Nc1cc(Nc2cc(-c3ccc4c(cnn4C)c3)ncn2)c(OC)cc1N1CCN(C)C[C@H]1C. The predicted octanol–water partition coefficient (Wildman–Crippen LogP) is 4.05. The summed E-state index contributed by atoms with van der Waals surface area (Å²) in [5.41, 5.74) is 5.03. The number of benzene rings is 2. The van der Waals surface area contributed by atoms with Crippen molar-refractivity contribution < 1.29 is 9.53 Å². The van der Waals surface area contributed by atoms with Gasteiger partial charge in [-0.05, 0) is 38.2 Å². The Morgan fingerprint density at radius 3 is 2.74 bits per heavy atom. The highest BCUT2D eigenvalue weighted by atomic mass is 16.5. The number of nitrogens with zero attached hydrogens (tertiary/aromatic N) is 6. The van der Waals surface area contributed by atoms with Crippen molar-refractivity contribution in [2.24, 2.45) is 7.05 Å². The molecule has 2 N–H and O–H groups in total. The Balaban J connectivity index is 1.49. The van der Waals surface area contributed by atoms with Gasteiger partial charge in [0, 0.05) is 55.8 Å². The van der Waals surface area contributed by atoms with Crippen molar-refractivity contribution in [1.82, 2.24) is 24.6 Å². The number of amides is 1. The highest BCUT2D eigenvalue weighted by molar-refractivity contribution is 6.02. The highest BCUT2D eigenvalue weighted by Gasteiger charge is 2.26. The van der Waals surface area contributed by atoms with Crippen molar-refractivity contribution in [3.63, 3.8) is 0 Å². The minimum Gasteiger partial charge on any atom is -0.494 e. The molecule has 2 aromatic heterocycles. The van der Waals surface area contributed by atoms with Crippen LogP contribution in [0.1, 0.15) is 6.92 Å². The van der Waals surface area contributed by atoms with Crippen LogP contribution < -0.4 is 20.3 Å². The van der Waals surface area contributed by atoms with Gasteiger partial charge in [-0.25, -0.2) is 9.97 Å². The second kappa shape index (κ2) is 10.5. The average Bonchev–Trinajstić information content (AvgIpc) is 3.29. The fourth-order valence-electron chi connectivity index (χ4n) is 4.90. The van der Waals surface area contributed by atoms with Crippen molar-refractivity contribution in [1.29, 1.82) is 0 Å². The summed E-state index contributed by atoms with van der Waals surface area (Å²) in [6, 6.07) is 12.1. The Kier molecular flexibility index (Phi) is 6.97. The topological polar surface area (TPSA) is 100 Å². The molecule has 10 heteroatoms. The van der Waals surface area contributed by atoms with Gasteiger partial charge in [0.25, 0.3) is 0 Å². The summed E-state index contributed by atoms with van der Waals surface area (Å²) in [4.78, 5) is 25.8. The van der Waals surface area contributed by atoms with Gasteiger partial charge in [-0.3, -0.25) is 9.48 Å². The van der Waals surface area contributed by atoms with Gasteiger partial charge in [0.05, 0.1) is 41.6 Å². The molecule has 3 heterocycles. The molecule has 0 saturated carbocycles. The second-order valence-corrected chi connectivity index (χ2v) is 9.52. The normalized spacial score (nSPS) is 15.9. The lowest BCUT2D eigenvalue weighted by Crippen LogP contribution is -2.50. The van der Waals surface area contributed by atoms with E-state index in [0.29, 0.717) is 22.9 Å². The van der Waals surface area contributed by atoms with Crippen LogP contribution in [0.5, 0.6) is 5.75 Å². The van der Waals surface area contributed by atoms with Crippen molar-refractivity contribution in [2.45, 2.75) is 13.0 Å². The third kappa shape index (κ3) is 5.03. The van der Waals surface area contributed by atoms with Gasteiger partial charge in [-0.15, -0.1) is 0 Å². The number of carbonyl (C=O) groups is 1. The van der Waals surface area contributed by atoms with Gasteiger partial charge >= 0.3 is 0 Å². The Labute approximate surface area is 221 Å². The number of anilines is 4.